The second-order valence-corrected chi connectivity index (χ2v) is 3.83. The Labute approximate surface area is 96.3 Å². The van der Waals surface area contributed by atoms with Crippen LogP contribution in [0.2, 0.25) is 0 Å². The van der Waals surface area contributed by atoms with Gasteiger partial charge in [0, 0.05) is 12.0 Å². The highest BCUT2D eigenvalue weighted by molar-refractivity contribution is 5.86. The molecule has 0 spiro atoms. The Bertz CT molecular complexity index is 245. The highest BCUT2D eigenvalue weighted by Crippen LogP contribution is 2.05. The topological polar surface area (TPSA) is 63.6 Å². The molecule has 0 radical (unpaired) electrons. The Morgan fingerprint density at radius 1 is 1.12 bits per heavy atom. The average molecular weight is 228 g/mol. The van der Waals surface area contributed by atoms with Crippen LogP contribution in [0.1, 0.15) is 45.4 Å². The van der Waals surface area contributed by atoms with Crippen LogP contribution in [0.25, 0.3) is 0 Å². The first-order chi connectivity index (χ1) is 7.54. The molecule has 0 aliphatic rings. The summed E-state index contributed by atoms with van der Waals surface area (Å²) in [6.45, 7) is 5.52. The van der Waals surface area contributed by atoms with E-state index in [0.717, 1.165) is 32.1 Å². The van der Waals surface area contributed by atoms with Gasteiger partial charge < -0.3 is 9.84 Å². The van der Waals surface area contributed by atoms with Gasteiger partial charge in [0.1, 0.15) is 0 Å². The van der Waals surface area contributed by atoms with E-state index >= 15 is 0 Å². The van der Waals surface area contributed by atoms with Gasteiger partial charge in [-0.05, 0) is 19.8 Å². The number of carbonyl (C=O) groups excluding carboxylic acids is 1. The number of carbonyl (C=O) groups is 2. The van der Waals surface area contributed by atoms with Gasteiger partial charge in [0.25, 0.3) is 0 Å². The highest BCUT2D eigenvalue weighted by Gasteiger charge is 2.01. The van der Waals surface area contributed by atoms with E-state index in [4.69, 9.17) is 9.84 Å². The molecule has 0 aromatic heterocycles. The zero-order chi connectivity index (χ0) is 12.4. The molecule has 0 saturated carbocycles. The minimum atomic E-state index is -0.740. The van der Waals surface area contributed by atoms with Gasteiger partial charge in [-0.15, -0.1) is 0 Å². The second-order valence-electron chi connectivity index (χ2n) is 3.83. The Balaban J connectivity index is 3.19. The van der Waals surface area contributed by atoms with E-state index in [1.165, 1.54) is 0 Å². The van der Waals surface area contributed by atoms with Crippen LogP contribution in [0.4, 0.5) is 0 Å². The van der Waals surface area contributed by atoms with Crippen molar-refractivity contribution in [3.8, 4) is 0 Å². The zero-order valence-electron chi connectivity index (χ0n) is 9.83. The first kappa shape index (κ1) is 14.7. The van der Waals surface area contributed by atoms with Crippen LogP contribution in [-0.4, -0.2) is 23.7 Å². The van der Waals surface area contributed by atoms with E-state index in [1.54, 1.807) is 6.92 Å². The number of hydrogen-bond acceptors (Lipinski definition) is 3. The molecule has 0 saturated heterocycles. The fraction of sp³-hybridized carbons (Fsp3) is 0.667. The van der Waals surface area contributed by atoms with Gasteiger partial charge in [0.05, 0.1) is 6.61 Å². The number of carboxylic acids is 1. The molecule has 0 unspecified atom stereocenters. The molecule has 0 atom stereocenters. The largest absolute Gasteiger partial charge is 0.481 e. The smallest absolute Gasteiger partial charge is 0.333 e. The van der Waals surface area contributed by atoms with Crippen molar-refractivity contribution in [1.82, 2.24) is 0 Å². The number of aliphatic carboxylic acids is 1. The SMILES string of the molecule is C=C(C)C(=O)OCCCCCCCC(=O)O. The molecule has 0 rings (SSSR count). The molecule has 0 bridgehead atoms. The molecule has 0 fully saturated rings. The lowest BCUT2D eigenvalue weighted by molar-refractivity contribution is -0.139. The third-order valence-corrected chi connectivity index (χ3v) is 2.12. The molecule has 0 aliphatic carbocycles. The molecule has 0 aromatic carbocycles. The molecule has 0 heterocycles. The summed E-state index contributed by atoms with van der Waals surface area (Å²) in [6.07, 6.45) is 4.65. The molecule has 92 valence electrons. The summed E-state index contributed by atoms with van der Waals surface area (Å²) >= 11 is 0. The summed E-state index contributed by atoms with van der Waals surface area (Å²) in [5, 5.41) is 8.40. The third kappa shape index (κ3) is 9.24. The molecule has 1 N–H and O–H groups in total. The molecule has 16 heavy (non-hydrogen) atoms. The molecule has 4 nitrogen and oxygen atoms in total. The minimum Gasteiger partial charge on any atom is -0.481 e. The Morgan fingerprint density at radius 2 is 1.69 bits per heavy atom. The lowest BCUT2D eigenvalue weighted by Crippen LogP contribution is -2.06. The highest BCUT2D eigenvalue weighted by atomic mass is 16.5. The van der Waals surface area contributed by atoms with Crippen molar-refractivity contribution in [2.75, 3.05) is 6.61 Å². The molecular weight excluding hydrogens is 208 g/mol. The van der Waals surface area contributed by atoms with Gasteiger partial charge in [0.15, 0.2) is 0 Å². The number of ether oxygens (including phenoxy) is 1. The second kappa shape index (κ2) is 8.95. The molecule has 0 aliphatic heterocycles. The lowest BCUT2D eigenvalue weighted by atomic mass is 10.1. The van der Waals surface area contributed by atoms with Crippen molar-refractivity contribution in [2.24, 2.45) is 0 Å². The quantitative estimate of drug-likeness (QED) is 0.374. The van der Waals surface area contributed by atoms with Crippen LogP contribution in [-0.2, 0) is 14.3 Å². The van der Waals surface area contributed by atoms with Crippen molar-refractivity contribution in [2.45, 2.75) is 45.4 Å². The number of hydrogen-bond donors (Lipinski definition) is 1. The van der Waals surface area contributed by atoms with Crippen molar-refractivity contribution in [1.29, 1.82) is 0 Å². The number of rotatable bonds is 9. The monoisotopic (exact) mass is 228 g/mol. The van der Waals surface area contributed by atoms with Gasteiger partial charge in [-0.3, -0.25) is 4.79 Å². The van der Waals surface area contributed by atoms with E-state index < -0.39 is 5.97 Å². The van der Waals surface area contributed by atoms with Gasteiger partial charge in [0.2, 0.25) is 0 Å². The van der Waals surface area contributed by atoms with E-state index in [1.807, 2.05) is 0 Å². The Morgan fingerprint density at radius 3 is 2.25 bits per heavy atom. The normalized spacial score (nSPS) is 9.81. The van der Waals surface area contributed by atoms with E-state index in [2.05, 4.69) is 6.58 Å². The van der Waals surface area contributed by atoms with Crippen molar-refractivity contribution in [3.63, 3.8) is 0 Å². The Hall–Kier alpha value is -1.32. The number of unbranched alkanes of at least 4 members (excludes halogenated alkanes) is 4. The van der Waals surface area contributed by atoms with Crippen LogP contribution in [0.3, 0.4) is 0 Å². The van der Waals surface area contributed by atoms with E-state index in [0.29, 0.717) is 12.2 Å². The zero-order valence-corrected chi connectivity index (χ0v) is 9.83. The van der Waals surface area contributed by atoms with Crippen LogP contribution >= 0.6 is 0 Å². The third-order valence-electron chi connectivity index (χ3n) is 2.12. The summed E-state index contributed by atoms with van der Waals surface area (Å²) in [6, 6.07) is 0. The fourth-order valence-corrected chi connectivity index (χ4v) is 1.20. The molecule has 0 aromatic rings. The molecule has 0 amide bonds. The summed E-state index contributed by atoms with van der Waals surface area (Å²) in [5.41, 5.74) is 0.418. The minimum absolute atomic E-state index is 0.241. The van der Waals surface area contributed by atoms with Crippen LogP contribution in [0, 0.1) is 0 Å². The van der Waals surface area contributed by atoms with Crippen molar-refractivity contribution >= 4 is 11.9 Å². The molecular formula is C12H20O4. The van der Waals surface area contributed by atoms with Crippen LogP contribution < -0.4 is 0 Å². The van der Waals surface area contributed by atoms with Crippen LogP contribution in [0.15, 0.2) is 12.2 Å². The first-order valence-corrected chi connectivity index (χ1v) is 5.58. The standard InChI is InChI=1S/C12H20O4/c1-10(2)12(15)16-9-7-5-3-4-6-8-11(13)14/h1,3-9H2,2H3,(H,13,14). The summed E-state index contributed by atoms with van der Waals surface area (Å²) in [4.78, 5) is 21.2. The van der Waals surface area contributed by atoms with Crippen molar-refractivity contribution < 1.29 is 19.4 Å². The first-order valence-electron chi connectivity index (χ1n) is 5.58. The van der Waals surface area contributed by atoms with E-state index in [-0.39, 0.29) is 12.4 Å². The predicted molar refractivity (Wildman–Crippen MR) is 61.1 cm³/mol. The maximum atomic E-state index is 11.0. The van der Waals surface area contributed by atoms with E-state index in [9.17, 15) is 9.59 Å². The van der Waals surface area contributed by atoms with Gasteiger partial charge in [-0.1, -0.05) is 25.8 Å². The maximum absolute atomic E-state index is 11.0. The van der Waals surface area contributed by atoms with Crippen molar-refractivity contribution in [3.05, 3.63) is 12.2 Å². The maximum Gasteiger partial charge on any atom is 0.333 e. The average Bonchev–Trinajstić information content (AvgIpc) is 2.21. The number of esters is 1. The Kier molecular flexibility index (Phi) is 8.21. The summed E-state index contributed by atoms with van der Waals surface area (Å²) in [5.74, 6) is -1.08. The fourth-order valence-electron chi connectivity index (χ4n) is 1.20. The predicted octanol–water partition coefficient (Wildman–Crippen LogP) is 2.53. The summed E-state index contributed by atoms with van der Waals surface area (Å²) < 4.78 is 4.92. The number of carboxylic acid groups (broad SMARTS) is 1. The van der Waals surface area contributed by atoms with Gasteiger partial charge in [-0.25, -0.2) is 4.79 Å². The van der Waals surface area contributed by atoms with Gasteiger partial charge >= 0.3 is 11.9 Å². The van der Waals surface area contributed by atoms with Crippen LogP contribution in [0.5, 0.6) is 0 Å². The molecule has 4 heteroatoms. The lowest BCUT2D eigenvalue weighted by Gasteiger charge is -2.03. The van der Waals surface area contributed by atoms with Gasteiger partial charge in [-0.2, -0.15) is 0 Å². The summed E-state index contributed by atoms with van der Waals surface area (Å²) in [7, 11) is 0.